The zero-order valence-corrected chi connectivity index (χ0v) is 15.4. The predicted molar refractivity (Wildman–Crippen MR) is 95.9 cm³/mol. The average Bonchev–Trinajstić information content (AvgIpc) is 3.04. The van der Waals surface area contributed by atoms with E-state index in [1.54, 1.807) is 20.0 Å². The summed E-state index contributed by atoms with van der Waals surface area (Å²) < 4.78 is 8.19. The first-order chi connectivity index (χ1) is 11.9. The Morgan fingerprint density at radius 1 is 1.44 bits per heavy atom. The zero-order valence-electron chi connectivity index (χ0n) is 13.8. The first-order valence-corrected chi connectivity index (χ1v) is 8.63. The van der Waals surface area contributed by atoms with Crippen molar-refractivity contribution in [2.75, 3.05) is 0 Å². The van der Waals surface area contributed by atoms with Crippen LogP contribution in [-0.2, 0) is 23.2 Å². The molecule has 130 valence electrons. The maximum atomic E-state index is 12.1. The molecule has 3 aromatic rings. The predicted octanol–water partition coefficient (Wildman–Crippen LogP) is 2.52. The maximum absolute atomic E-state index is 12.1. The van der Waals surface area contributed by atoms with Crippen LogP contribution in [-0.4, -0.2) is 25.1 Å². The van der Waals surface area contributed by atoms with Gasteiger partial charge in [0, 0.05) is 35.8 Å². The van der Waals surface area contributed by atoms with E-state index in [0.717, 1.165) is 5.69 Å². The van der Waals surface area contributed by atoms with E-state index in [-0.39, 0.29) is 12.2 Å². The summed E-state index contributed by atoms with van der Waals surface area (Å²) in [6.07, 6.45) is 2.83. The van der Waals surface area contributed by atoms with Gasteiger partial charge in [-0.1, -0.05) is 11.6 Å². The largest absolute Gasteiger partial charge is 0.456 e. The van der Waals surface area contributed by atoms with E-state index in [2.05, 4.69) is 10.1 Å². The van der Waals surface area contributed by atoms with E-state index in [9.17, 15) is 9.59 Å². The lowest BCUT2D eigenvalue weighted by Crippen LogP contribution is -2.16. The highest BCUT2D eigenvalue weighted by molar-refractivity contribution is 7.15. The molecule has 25 heavy (non-hydrogen) atoms. The highest BCUT2D eigenvalue weighted by Crippen LogP contribution is 2.20. The summed E-state index contributed by atoms with van der Waals surface area (Å²) in [4.78, 5) is 28.8. The second-order valence-corrected chi connectivity index (χ2v) is 6.63. The van der Waals surface area contributed by atoms with Gasteiger partial charge < -0.3 is 4.74 Å². The molecule has 0 aliphatic carbocycles. The molecule has 0 atom stereocenters. The molecule has 7 nitrogen and oxygen atoms in total. The van der Waals surface area contributed by atoms with Crippen LogP contribution >= 0.6 is 22.9 Å². The summed E-state index contributed by atoms with van der Waals surface area (Å²) in [5, 5.41) is 6.45. The van der Waals surface area contributed by atoms with Gasteiger partial charge in [-0.15, -0.1) is 11.3 Å². The Bertz CT molecular complexity index is 1050. The summed E-state index contributed by atoms with van der Waals surface area (Å²) in [7, 11) is 1.72. The summed E-state index contributed by atoms with van der Waals surface area (Å²) in [5.41, 5.74) is 2.41. The molecule has 0 aliphatic rings. The topological polar surface area (TPSA) is 78.5 Å². The van der Waals surface area contributed by atoms with Gasteiger partial charge in [0.2, 0.25) is 0 Å². The molecular weight excluding hydrogens is 364 g/mol. The molecule has 0 radical (unpaired) electrons. The Hall–Kier alpha value is -2.45. The third kappa shape index (κ3) is 3.49. The van der Waals surface area contributed by atoms with Crippen molar-refractivity contribution < 1.29 is 9.53 Å². The van der Waals surface area contributed by atoms with Crippen molar-refractivity contribution in [2.24, 2.45) is 7.05 Å². The molecule has 0 spiro atoms. The fourth-order valence-corrected chi connectivity index (χ4v) is 3.48. The van der Waals surface area contributed by atoms with E-state index in [1.807, 2.05) is 12.3 Å². The van der Waals surface area contributed by atoms with Crippen LogP contribution in [0.5, 0.6) is 0 Å². The number of thiazole rings is 1. The first kappa shape index (κ1) is 17.4. The van der Waals surface area contributed by atoms with Crippen LogP contribution < -0.4 is 5.56 Å². The molecule has 0 saturated carbocycles. The lowest BCUT2D eigenvalue weighted by Gasteiger charge is -2.02. The van der Waals surface area contributed by atoms with Gasteiger partial charge in [0.1, 0.15) is 11.8 Å². The standard InChI is InChI=1S/C16H15ClN4O3S/c1-9-8-25-16-18-11(6-13(22)21(9)16)7-24-14(23)5-4-12-10(2)19-20(3)15(12)17/h4-6,8H,7H2,1-3H3/b5-4+. The van der Waals surface area contributed by atoms with Crippen molar-refractivity contribution in [1.82, 2.24) is 19.2 Å². The van der Waals surface area contributed by atoms with E-state index < -0.39 is 5.97 Å². The first-order valence-electron chi connectivity index (χ1n) is 7.37. The van der Waals surface area contributed by atoms with E-state index in [4.69, 9.17) is 16.3 Å². The van der Waals surface area contributed by atoms with Crippen molar-refractivity contribution in [3.8, 4) is 0 Å². The lowest BCUT2D eigenvalue weighted by molar-refractivity contribution is -0.139. The molecule has 0 aromatic carbocycles. The molecule has 9 heteroatoms. The summed E-state index contributed by atoms with van der Waals surface area (Å²) in [5.74, 6) is -0.552. The Morgan fingerprint density at radius 2 is 2.20 bits per heavy atom. The van der Waals surface area contributed by atoms with Crippen molar-refractivity contribution >= 4 is 39.9 Å². The minimum absolute atomic E-state index is 0.0778. The normalized spacial score (nSPS) is 11.5. The van der Waals surface area contributed by atoms with Crippen LogP contribution in [0.15, 0.2) is 22.3 Å². The van der Waals surface area contributed by atoms with Gasteiger partial charge >= 0.3 is 5.97 Å². The number of carbonyl (C=O) groups excluding carboxylic acids is 1. The third-order valence-corrected chi connectivity index (χ3v) is 4.97. The molecule has 0 bridgehead atoms. The summed E-state index contributed by atoms with van der Waals surface area (Å²) >= 11 is 7.46. The van der Waals surface area contributed by atoms with Gasteiger partial charge in [-0.25, -0.2) is 9.78 Å². The second-order valence-electron chi connectivity index (χ2n) is 5.44. The molecule has 0 saturated heterocycles. The minimum atomic E-state index is -0.552. The molecule has 0 amide bonds. The number of esters is 1. The quantitative estimate of drug-likeness (QED) is 0.515. The number of hydrogen-bond donors (Lipinski definition) is 0. The van der Waals surface area contributed by atoms with Gasteiger partial charge in [-0.3, -0.25) is 13.9 Å². The van der Waals surface area contributed by atoms with E-state index in [0.29, 0.717) is 27.1 Å². The number of halogens is 1. The van der Waals surface area contributed by atoms with Crippen LogP contribution in [0.1, 0.15) is 22.6 Å². The number of fused-ring (bicyclic) bond motifs is 1. The van der Waals surface area contributed by atoms with E-state index >= 15 is 0 Å². The Kier molecular flexibility index (Phi) is 4.73. The second kappa shape index (κ2) is 6.81. The number of ether oxygens (including phenoxy) is 1. The Balaban J connectivity index is 1.70. The van der Waals surface area contributed by atoms with E-state index in [1.165, 1.54) is 32.6 Å². The molecule has 3 rings (SSSR count). The van der Waals surface area contributed by atoms with Crippen LogP contribution in [0.4, 0.5) is 0 Å². The number of rotatable bonds is 4. The van der Waals surface area contributed by atoms with Gasteiger partial charge in [-0.05, 0) is 19.9 Å². The third-order valence-electron chi connectivity index (χ3n) is 3.57. The maximum Gasteiger partial charge on any atom is 0.331 e. The number of aryl methyl sites for hydroxylation is 3. The average molecular weight is 379 g/mol. The number of carbonyl (C=O) groups is 1. The number of hydrogen-bond acceptors (Lipinski definition) is 6. The smallest absolute Gasteiger partial charge is 0.331 e. The molecule has 0 aliphatic heterocycles. The van der Waals surface area contributed by atoms with Gasteiger partial charge in [0.15, 0.2) is 4.96 Å². The SMILES string of the molecule is Cc1nn(C)c(Cl)c1/C=C/C(=O)OCc1cc(=O)n2c(C)csc2n1. The van der Waals surface area contributed by atoms with Crippen molar-refractivity contribution in [1.29, 1.82) is 0 Å². The van der Waals surface area contributed by atoms with Crippen molar-refractivity contribution in [2.45, 2.75) is 20.5 Å². The van der Waals surface area contributed by atoms with Crippen LogP contribution in [0.2, 0.25) is 5.15 Å². The van der Waals surface area contributed by atoms with Gasteiger partial charge in [-0.2, -0.15) is 5.10 Å². The number of nitrogens with zero attached hydrogens (tertiary/aromatic N) is 4. The highest BCUT2D eigenvalue weighted by Gasteiger charge is 2.10. The molecule has 0 unspecified atom stereocenters. The molecular formula is C16H15ClN4O3S. The lowest BCUT2D eigenvalue weighted by atomic mass is 10.2. The van der Waals surface area contributed by atoms with Crippen LogP contribution in [0.25, 0.3) is 11.0 Å². The molecule has 0 fully saturated rings. The number of aromatic nitrogens is 4. The Labute approximate surface area is 152 Å². The summed E-state index contributed by atoms with van der Waals surface area (Å²) in [6.45, 7) is 3.56. The van der Waals surface area contributed by atoms with Gasteiger partial charge in [0.25, 0.3) is 5.56 Å². The minimum Gasteiger partial charge on any atom is -0.456 e. The molecule has 3 heterocycles. The van der Waals surface area contributed by atoms with Crippen molar-refractivity contribution in [3.63, 3.8) is 0 Å². The molecule has 3 aromatic heterocycles. The molecule has 0 N–H and O–H groups in total. The Morgan fingerprint density at radius 3 is 2.88 bits per heavy atom. The van der Waals surface area contributed by atoms with Crippen LogP contribution in [0, 0.1) is 13.8 Å². The fraction of sp³-hybridized carbons (Fsp3) is 0.250. The monoisotopic (exact) mass is 378 g/mol. The highest BCUT2D eigenvalue weighted by atomic mass is 35.5. The van der Waals surface area contributed by atoms with Crippen LogP contribution in [0.3, 0.4) is 0 Å². The van der Waals surface area contributed by atoms with Crippen molar-refractivity contribution in [3.05, 3.63) is 55.7 Å². The zero-order chi connectivity index (χ0) is 18.1. The van der Waals surface area contributed by atoms with Gasteiger partial charge in [0.05, 0.1) is 11.4 Å². The fourth-order valence-electron chi connectivity index (χ4n) is 2.36. The summed E-state index contributed by atoms with van der Waals surface area (Å²) in [6, 6.07) is 1.37.